The Kier molecular flexibility index (Phi) is 5.36. The fourth-order valence-corrected chi connectivity index (χ4v) is 2.70. The van der Waals surface area contributed by atoms with Crippen LogP contribution in [0.25, 0.3) is 0 Å². The molecular formula is C15H10Cl3NO4. The van der Waals surface area contributed by atoms with E-state index in [1.54, 1.807) is 0 Å². The van der Waals surface area contributed by atoms with E-state index >= 15 is 0 Å². The highest BCUT2D eigenvalue weighted by Crippen LogP contribution is 2.34. The Morgan fingerprint density at radius 3 is 2.17 bits per heavy atom. The number of anilines is 1. The zero-order valence-corrected chi connectivity index (χ0v) is 14.0. The van der Waals surface area contributed by atoms with Crippen molar-refractivity contribution >= 4 is 52.4 Å². The van der Waals surface area contributed by atoms with E-state index in [2.05, 4.69) is 5.32 Å². The number of hydrogen-bond donors (Lipinski definition) is 2. The minimum absolute atomic E-state index is 0.0750. The summed E-state index contributed by atoms with van der Waals surface area (Å²) >= 11 is 17.7. The van der Waals surface area contributed by atoms with Gasteiger partial charge in [0.25, 0.3) is 5.91 Å². The van der Waals surface area contributed by atoms with Crippen LogP contribution in [0.15, 0.2) is 30.3 Å². The van der Waals surface area contributed by atoms with Crippen LogP contribution in [0.4, 0.5) is 5.69 Å². The van der Waals surface area contributed by atoms with Gasteiger partial charge in [-0.25, -0.2) is 4.79 Å². The minimum atomic E-state index is -1.19. The molecule has 0 unspecified atom stereocenters. The summed E-state index contributed by atoms with van der Waals surface area (Å²) in [4.78, 5) is 23.3. The van der Waals surface area contributed by atoms with E-state index in [-0.39, 0.29) is 37.6 Å². The van der Waals surface area contributed by atoms with Crippen LogP contribution in [0.2, 0.25) is 15.1 Å². The normalized spacial score (nSPS) is 10.3. The van der Waals surface area contributed by atoms with E-state index in [0.717, 1.165) is 0 Å². The molecule has 0 radical (unpaired) electrons. The lowest BCUT2D eigenvalue weighted by molar-refractivity contribution is 0.0696. The molecule has 2 aromatic rings. The van der Waals surface area contributed by atoms with Crippen LogP contribution in [0.1, 0.15) is 20.7 Å². The van der Waals surface area contributed by atoms with E-state index in [4.69, 9.17) is 44.6 Å². The van der Waals surface area contributed by atoms with Gasteiger partial charge in [0.1, 0.15) is 0 Å². The number of nitrogens with one attached hydrogen (secondary N) is 1. The highest BCUT2D eigenvalue weighted by Gasteiger charge is 2.15. The Morgan fingerprint density at radius 2 is 1.65 bits per heavy atom. The Hall–Kier alpha value is -1.95. The molecule has 2 aromatic carbocycles. The molecule has 0 bridgehead atoms. The third-order valence-electron chi connectivity index (χ3n) is 2.92. The second-order valence-electron chi connectivity index (χ2n) is 4.43. The molecular weight excluding hydrogens is 365 g/mol. The van der Waals surface area contributed by atoms with Crippen molar-refractivity contribution in [2.75, 3.05) is 12.4 Å². The van der Waals surface area contributed by atoms with E-state index < -0.39 is 11.9 Å². The molecule has 1 amide bonds. The maximum atomic E-state index is 12.2. The van der Waals surface area contributed by atoms with Crippen molar-refractivity contribution in [3.8, 4) is 5.75 Å². The zero-order valence-electron chi connectivity index (χ0n) is 11.7. The quantitative estimate of drug-likeness (QED) is 0.819. The first-order valence-electron chi connectivity index (χ1n) is 6.20. The summed E-state index contributed by atoms with van der Waals surface area (Å²) in [6, 6.07) is 6.93. The molecule has 0 spiro atoms. The summed E-state index contributed by atoms with van der Waals surface area (Å²) in [5, 5.41) is 12.0. The SMILES string of the molecule is COc1c(Cl)cc(C(=O)Nc2ccc(Cl)c(C(=O)O)c2)cc1Cl. The summed E-state index contributed by atoms with van der Waals surface area (Å²) in [7, 11) is 1.41. The van der Waals surface area contributed by atoms with Gasteiger partial charge in [0.2, 0.25) is 0 Å². The third-order valence-corrected chi connectivity index (χ3v) is 3.81. The molecule has 0 fully saturated rings. The molecule has 0 saturated heterocycles. The summed E-state index contributed by atoms with van der Waals surface area (Å²) in [6.07, 6.45) is 0. The number of halogens is 3. The molecule has 8 heteroatoms. The number of ether oxygens (including phenoxy) is 1. The molecule has 0 aliphatic rings. The number of hydrogen-bond acceptors (Lipinski definition) is 3. The molecule has 120 valence electrons. The molecule has 0 aromatic heterocycles. The lowest BCUT2D eigenvalue weighted by atomic mass is 10.1. The maximum absolute atomic E-state index is 12.2. The molecule has 0 saturated carbocycles. The molecule has 2 N–H and O–H groups in total. The Bertz CT molecular complexity index is 769. The summed E-state index contributed by atoms with van der Waals surface area (Å²) < 4.78 is 5.01. The van der Waals surface area contributed by atoms with Gasteiger partial charge < -0.3 is 15.2 Å². The van der Waals surface area contributed by atoms with Crippen molar-refractivity contribution in [3.05, 3.63) is 56.5 Å². The lowest BCUT2D eigenvalue weighted by Crippen LogP contribution is -2.12. The number of rotatable bonds is 4. The van der Waals surface area contributed by atoms with Crippen LogP contribution in [0, 0.1) is 0 Å². The summed E-state index contributed by atoms with van der Waals surface area (Å²) in [5.74, 6) is -1.43. The van der Waals surface area contributed by atoms with E-state index in [9.17, 15) is 9.59 Å². The van der Waals surface area contributed by atoms with E-state index in [0.29, 0.717) is 0 Å². The molecule has 0 atom stereocenters. The number of carbonyl (C=O) groups is 2. The summed E-state index contributed by atoms with van der Waals surface area (Å²) in [6.45, 7) is 0. The zero-order chi connectivity index (χ0) is 17.1. The standard InChI is InChI=1S/C15H10Cl3NO4/c1-23-13-11(17)4-7(5-12(13)18)14(20)19-8-2-3-10(16)9(6-8)15(21)22/h2-6H,1H3,(H,19,20)(H,21,22). The number of amides is 1. The largest absolute Gasteiger partial charge is 0.494 e. The third kappa shape index (κ3) is 3.88. The average Bonchev–Trinajstić information content (AvgIpc) is 2.48. The monoisotopic (exact) mass is 373 g/mol. The minimum Gasteiger partial charge on any atom is -0.494 e. The van der Waals surface area contributed by atoms with Crippen molar-refractivity contribution in [2.45, 2.75) is 0 Å². The van der Waals surface area contributed by atoms with Crippen molar-refractivity contribution in [3.63, 3.8) is 0 Å². The van der Waals surface area contributed by atoms with Crippen LogP contribution in [-0.4, -0.2) is 24.1 Å². The van der Waals surface area contributed by atoms with Gasteiger partial charge in [0.15, 0.2) is 5.75 Å². The van der Waals surface area contributed by atoms with Crippen LogP contribution in [0.3, 0.4) is 0 Å². The first kappa shape index (κ1) is 17.4. The van der Waals surface area contributed by atoms with Gasteiger partial charge in [-0.1, -0.05) is 34.8 Å². The van der Waals surface area contributed by atoms with Crippen LogP contribution < -0.4 is 10.1 Å². The van der Waals surface area contributed by atoms with Gasteiger partial charge in [-0.3, -0.25) is 4.79 Å². The van der Waals surface area contributed by atoms with Gasteiger partial charge in [-0.15, -0.1) is 0 Å². The highest BCUT2D eigenvalue weighted by molar-refractivity contribution is 6.38. The Morgan fingerprint density at radius 1 is 1.04 bits per heavy atom. The molecule has 5 nitrogen and oxygen atoms in total. The Labute approximate surface area is 146 Å². The number of carbonyl (C=O) groups excluding carboxylic acids is 1. The van der Waals surface area contributed by atoms with E-state index in [1.165, 1.54) is 37.4 Å². The predicted molar refractivity (Wildman–Crippen MR) is 89.4 cm³/mol. The average molecular weight is 375 g/mol. The lowest BCUT2D eigenvalue weighted by Gasteiger charge is -2.10. The summed E-state index contributed by atoms with van der Waals surface area (Å²) in [5.41, 5.74) is 0.364. The molecule has 2 rings (SSSR count). The topological polar surface area (TPSA) is 75.6 Å². The molecule has 0 aliphatic heterocycles. The first-order valence-corrected chi connectivity index (χ1v) is 7.34. The van der Waals surface area contributed by atoms with Crippen molar-refractivity contribution in [1.82, 2.24) is 0 Å². The smallest absolute Gasteiger partial charge is 0.337 e. The van der Waals surface area contributed by atoms with Crippen LogP contribution >= 0.6 is 34.8 Å². The van der Waals surface area contributed by atoms with Gasteiger partial charge in [-0.2, -0.15) is 0 Å². The van der Waals surface area contributed by atoms with Gasteiger partial charge in [-0.05, 0) is 30.3 Å². The maximum Gasteiger partial charge on any atom is 0.337 e. The molecule has 23 heavy (non-hydrogen) atoms. The van der Waals surface area contributed by atoms with E-state index in [1.807, 2.05) is 0 Å². The molecule has 0 heterocycles. The van der Waals surface area contributed by atoms with Crippen molar-refractivity contribution < 1.29 is 19.4 Å². The second kappa shape index (κ2) is 7.08. The fraction of sp³-hybridized carbons (Fsp3) is 0.0667. The first-order chi connectivity index (χ1) is 10.8. The van der Waals surface area contributed by atoms with Crippen molar-refractivity contribution in [1.29, 1.82) is 0 Å². The highest BCUT2D eigenvalue weighted by atomic mass is 35.5. The van der Waals surface area contributed by atoms with Crippen LogP contribution in [0.5, 0.6) is 5.75 Å². The van der Waals surface area contributed by atoms with Gasteiger partial charge in [0.05, 0.1) is 27.7 Å². The van der Waals surface area contributed by atoms with Gasteiger partial charge >= 0.3 is 5.97 Å². The Balaban J connectivity index is 2.29. The number of carboxylic acid groups (broad SMARTS) is 1. The van der Waals surface area contributed by atoms with Crippen molar-refractivity contribution in [2.24, 2.45) is 0 Å². The number of carboxylic acids is 1. The second-order valence-corrected chi connectivity index (χ2v) is 5.65. The number of methoxy groups -OCH3 is 1. The fourth-order valence-electron chi connectivity index (χ4n) is 1.86. The van der Waals surface area contributed by atoms with Gasteiger partial charge in [0, 0.05) is 11.3 Å². The number of benzene rings is 2. The molecule has 0 aliphatic carbocycles. The van der Waals surface area contributed by atoms with Crippen LogP contribution in [-0.2, 0) is 0 Å². The number of aromatic carboxylic acids is 1. The predicted octanol–water partition coefficient (Wildman–Crippen LogP) is 4.61.